The van der Waals surface area contributed by atoms with Crippen LogP contribution < -0.4 is 0 Å². The second-order valence-electron chi connectivity index (χ2n) is 5.77. The van der Waals surface area contributed by atoms with Gasteiger partial charge >= 0.3 is 37.7 Å². The van der Waals surface area contributed by atoms with E-state index in [1.807, 2.05) is 0 Å². The number of nitro groups is 8. The van der Waals surface area contributed by atoms with Crippen molar-refractivity contribution in [3.8, 4) is 0 Å². The molecule has 0 amide bonds. The molecule has 0 aromatic heterocycles. The minimum atomic E-state index is -7.41. The van der Waals surface area contributed by atoms with Crippen molar-refractivity contribution >= 4 is 10.1 Å². The van der Waals surface area contributed by atoms with Crippen LogP contribution in [0, 0.1) is 80.9 Å². The lowest BCUT2D eigenvalue weighted by Crippen LogP contribution is -2.93. The Morgan fingerprint density at radius 1 is 0.588 bits per heavy atom. The molecule has 28 heteroatoms. The van der Waals surface area contributed by atoms with Gasteiger partial charge in [0.2, 0.25) is 0 Å². The van der Waals surface area contributed by atoms with Gasteiger partial charge in [-0.15, -0.1) is 0 Å². The Bertz CT molecular complexity index is 1190. The Labute approximate surface area is 178 Å². The van der Waals surface area contributed by atoms with Gasteiger partial charge in [-0.1, -0.05) is 0 Å². The third-order valence-electron chi connectivity index (χ3n) is 4.61. The maximum absolute atomic E-state index is 11.9. The molecule has 0 heterocycles. The molecule has 0 aromatic carbocycles. The van der Waals surface area contributed by atoms with Gasteiger partial charge in [0, 0.05) is 0 Å². The summed E-state index contributed by atoms with van der Waals surface area (Å²) in [6.45, 7) is 0. The number of rotatable bonds is 9. The molecule has 0 bridgehead atoms. The Balaban J connectivity index is 5.29. The highest BCUT2D eigenvalue weighted by molar-refractivity contribution is 7.87. The van der Waals surface area contributed by atoms with Crippen molar-refractivity contribution in [2.75, 3.05) is 0 Å². The van der Waals surface area contributed by atoms with Gasteiger partial charge < -0.3 is 0 Å². The second-order valence-corrected chi connectivity index (χ2v) is 7.35. The van der Waals surface area contributed by atoms with E-state index in [-0.39, 0.29) is 0 Å². The lowest BCUT2D eigenvalue weighted by atomic mass is 9.70. The van der Waals surface area contributed by atoms with Crippen LogP contribution in [0.25, 0.3) is 0 Å². The van der Waals surface area contributed by atoms with Gasteiger partial charge in [0.1, 0.15) is 35.6 Å². The summed E-state index contributed by atoms with van der Waals surface area (Å²) in [6, 6.07) is 0. The number of hydrogen-bond acceptors (Lipinski definition) is 18. The standard InChI is InChI=1S/C6H2N8O19S/c15-7(16)2-1-3(8(17)18,34(31,32)33)5(11(23)24,12(25)26)6(13(27)28,14(29)30)4(2,9(19)20)10(21)22/h1H,(H,31,32,33). The molecule has 0 fully saturated rings. The highest BCUT2D eigenvalue weighted by Gasteiger charge is 3.24. The minimum absolute atomic E-state index is 1.68. The zero-order chi connectivity index (χ0) is 27.4. The molecule has 186 valence electrons. The van der Waals surface area contributed by atoms with Gasteiger partial charge in [-0.05, 0) is 0 Å². The van der Waals surface area contributed by atoms with E-state index in [0.717, 1.165) is 0 Å². The first-order chi connectivity index (χ1) is 15.1. The normalized spacial score (nSPS) is 22.4. The van der Waals surface area contributed by atoms with Crippen LogP contribution in [0.1, 0.15) is 0 Å². The first kappa shape index (κ1) is 26.9. The summed E-state index contributed by atoms with van der Waals surface area (Å²) in [4.78, 5) is 63.0. The molecule has 1 unspecified atom stereocenters. The maximum Gasteiger partial charge on any atom is 0.754 e. The van der Waals surface area contributed by atoms with Gasteiger partial charge in [-0.3, -0.25) is 85.5 Å². The Morgan fingerprint density at radius 2 is 0.912 bits per heavy atom. The largest absolute Gasteiger partial charge is 0.754 e. The zero-order valence-electron chi connectivity index (χ0n) is 14.9. The van der Waals surface area contributed by atoms with Crippen LogP contribution >= 0.6 is 0 Å². The highest BCUT2D eigenvalue weighted by Crippen LogP contribution is 2.56. The Morgan fingerprint density at radius 3 is 1.09 bits per heavy atom. The molecule has 1 rings (SSSR count). The molecule has 1 aliphatic rings. The van der Waals surface area contributed by atoms with E-state index in [9.17, 15) is 93.9 Å². The van der Waals surface area contributed by atoms with E-state index in [2.05, 4.69) is 0 Å². The zero-order valence-corrected chi connectivity index (χ0v) is 15.7. The summed E-state index contributed by atoms with van der Waals surface area (Å²) in [7, 11) is -7.41. The smallest absolute Gasteiger partial charge is 0.279 e. The fourth-order valence-corrected chi connectivity index (χ4v) is 4.53. The molecule has 0 saturated carbocycles. The molecule has 1 atom stereocenters. The van der Waals surface area contributed by atoms with Crippen LogP contribution in [0.2, 0.25) is 0 Å². The SMILES string of the molecule is O=[N+]([O-])C1=CC([N+](=O)[O-])(S(=O)(=O)O)C([N+](=O)[O-])([N+](=O)[O-])C([N+](=O)[O-])([N+](=O)[O-])C1([N+](=O)[O-])[N+](=O)[O-]. The lowest BCUT2D eigenvalue weighted by Gasteiger charge is -2.32. The second kappa shape index (κ2) is 7.19. The molecule has 1 aliphatic carbocycles. The molecule has 0 aromatic rings. The Kier molecular flexibility index (Phi) is 5.68. The maximum atomic E-state index is 11.9. The quantitative estimate of drug-likeness (QED) is 0.134. The van der Waals surface area contributed by atoms with E-state index >= 15 is 0 Å². The number of hydrogen-bond donors (Lipinski definition) is 1. The van der Waals surface area contributed by atoms with Gasteiger partial charge in [0.15, 0.2) is 0 Å². The van der Waals surface area contributed by atoms with Crippen LogP contribution in [0.15, 0.2) is 11.8 Å². The number of nitrogens with zero attached hydrogens (tertiary/aromatic N) is 8. The highest BCUT2D eigenvalue weighted by atomic mass is 32.2. The van der Waals surface area contributed by atoms with E-state index in [1.54, 1.807) is 0 Å². The van der Waals surface area contributed by atoms with Crippen LogP contribution in [-0.4, -0.2) is 74.2 Å². The molecule has 34 heavy (non-hydrogen) atoms. The summed E-state index contributed by atoms with van der Waals surface area (Å²) >= 11 is 0. The summed E-state index contributed by atoms with van der Waals surface area (Å²) in [5.41, 5.74) is -22.6. The van der Waals surface area contributed by atoms with Crippen molar-refractivity contribution < 1.29 is 52.4 Å². The molecule has 0 spiro atoms. The molecule has 1 N–H and O–H groups in total. The molecule has 0 radical (unpaired) electrons. The predicted octanol–water partition coefficient (Wildman–Crippen LogP) is -3.23. The fourth-order valence-electron chi connectivity index (χ4n) is 3.43. The average Bonchev–Trinajstić information content (AvgIpc) is 2.62. The van der Waals surface area contributed by atoms with Crippen molar-refractivity contribution in [1.29, 1.82) is 0 Å². The minimum Gasteiger partial charge on any atom is -0.279 e. The first-order valence-corrected chi connectivity index (χ1v) is 8.45. The van der Waals surface area contributed by atoms with Crippen LogP contribution in [0.5, 0.6) is 0 Å². The molecule has 0 aliphatic heterocycles. The third-order valence-corrected chi connectivity index (χ3v) is 5.95. The van der Waals surface area contributed by atoms with Gasteiger partial charge in [0.05, 0.1) is 9.85 Å². The van der Waals surface area contributed by atoms with E-state index in [1.165, 1.54) is 0 Å². The van der Waals surface area contributed by atoms with Crippen LogP contribution in [0.4, 0.5) is 0 Å². The Hall–Kier alpha value is -5.15. The summed E-state index contributed by atoms with van der Waals surface area (Å²) in [6.07, 6.45) is -1.68. The van der Waals surface area contributed by atoms with Gasteiger partial charge in [0.25, 0.3) is 0 Å². The van der Waals surface area contributed by atoms with Crippen molar-refractivity contribution in [2.24, 2.45) is 0 Å². The first-order valence-electron chi connectivity index (χ1n) is 7.01. The van der Waals surface area contributed by atoms with E-state index < -0.39 is 83.1 Å². The average molecular weight is 522 g/mol. The molecule has 0 saturated heterocycles. The van der Waals surface area contributed by atoms with Crippen molar-refractivity contribution in [3.63, 3.8) is 0 Å². The van der Waals surface area contributed by atoms with E-state index in [4.69, 9.17) is 0 Å². The fraction of sp³-hybridized carbons (Fsp3) is 0.667. The lowest BCUT2D eigenvalue weighted by molar-refractivity contribution is -1.02. The monoisotopic (exact) mass is 522 g/mol. The molecule has 27 nitrogen and oxygen atoms in total. The summed E-state index contributed by atoms with van der Waals surface area (Å²) in [5.74, 6) is 0. The van der Waals surface area contributed by atoms with Crippen molar-refractivity contribution in [2.45, 2.75) is 21.9 Å². The third kappa shape index (κ3) is 2.32. The molecular formula is C6H2N8O19S. The van der Waals surface area contributed by atoms with Crippen LogP contribution in [-0.2, 0) is 10.1 Å². The van der Waals surface area contributed by atoms with Crippen LogP contribution in [0.3, 0.4) is 0 Å². The predicted molar refractivity (Wildman–Crippen MR) is 86.5 cm³/mol. The molecular weight excluding hydrogens is 520 g/mol. The van der Waals surface area contributed by atoms with E-state index in [0.29, 0.717) is 0 Å². The topological polar surface area (TPSA) is 399 Å². The van der Waals surface area contributed by atoms with Crippen molar-refractivity contribution in [1.82, 2.24) is 0 Å². The van der Waals surface area contributed by atoms with Crippen molar-refractivity contribution in [3.05, 3.63) is 92.7 Å². The summed E-state index contributed by atoms with van der Waals surface area (Å²) in [5, 5.41) is 93.2. The van der Waals surface area contributed by atoms with Gasteiger partial charge in [-0.2, -0.15) is 8.42 Å². The summed E-state index contributed by atoms with van der Waals surface area (Å²) < 4.78 is 33.1. The van der Waals surface area contributed by atoms with Gasteiger partial charge in [-0.25, -0.2) is 0 Å².